The summed E-state index contributed by atoms with van der Waals surface area (Å²) >= 11 is 0. The molecule has 0 aromatic heterocycles. The number of para-hydroxylation sites is 1. The van der Waals surface area contributed by atoms with Gasteiger partial charge in [0.05, 0.1) is 6.54 Å². The lowest BCUT2D eigenvalue weighted by Crippen LogP contribution is -2.42. The van der Waals surface area contributed by atoms with E-state index in [9.17, 15) is 4.79 Å². The molecule has 0 radical (unpaired) electrons. The minimum absolute atomic E-state index is 0.0849. The van der Waals surface area contributed by atoms with Crippen molar-refractivity contribution in [2.24, 2.45) is 0 Å². The summed E-state index contributed by atoms with van der Waals surface area (Å²) in [5.41, 5.74) is 2.25. The van der Waals surface area contributed by atoms with E-state index in [-0.39, 0.29) is 11.9 Å². The summed E-state index contributed by atoms with van der Waals surface area (Å²) in [5, 5.41) is 3.25. The van der Waals surface area contributed by atoms with Gasteiger partial charge in [-0.3, -0.25) is 4.79 Å². The number of amides is 1. The van der Waals surface area contributed by atoms with Crippen molar-refractivity contribution in [2.45, 2.75) is 19.4 Å². The van der Waals surface area contributed by atoms with Crippen LogP contribution in [0.5, 0.6) is 0 Å². The van der Waals surface area contributed by atoms with Crippen molar-refractivity contribution < 1.29 is 4.79 Å². The molecule has 1 aromatic rings. The van der Waals surface area contributed by atoms with Crippen LogP contribution in [0.4, 0.5) is 5.69 Å². The molecule has 0 bridgehead atoms. The Balaban J connectivity index is 2.08. The molecule has 1 atom stereocenters. The Morgan fingerprint density at radius 2 is 2.35 bits per heavy atom. The molecule has 88 valence electrons. The van der Waals surface area contributed by atoms with Crippen LogP contribution >= 0.6 is 0 Å². The number of rotatable bonds is 3. The van der Waals surface area contributed by atoms with Crippen molar-refractivity contribution in [3.05, 3.63) is 29.8 Å². The summed E-state index contributed by atoms with van der Waals surface area (Å²) in [5.74, 6) is 2.61. The van der Waals surface area contributed by atoms with Crippen molar-refractivity contribution in [3.8, 4) is 12.3 Å². The second kappa shape index (κ2) is 4.92. The van der Waals surface area contributed by atoms with Crippen LogP contribution in [0, 0.1) is 12.3 Å². The number of likely N-dealkylation sites (N-methyl/N-ethyl adjacent to an activating group) is 1. The van der Waals surface area contributed by atoms with E-state index in [1.165, 1.54) is 5.56 Å². The fourth-order valence-electron chi connectivity index (χ4n) is 2.12. The zero-order chi connectivity index (χ0) is 12.3. The molecule has 0 unspecified atom stereocenters. The van der Waals surface area contributed by atoms with Crippen LogP contribution in [0.1, 0.15) is 12.5 Å². The third-order valence-electron chi connectivity index (χ3n) is 3.04. The number of hydrogen-bond donors (Lipinski definition) is 1. The minimum Gasteiger partial charge on any atom is -0.373 e. The maximum atomic E-state index is 12.2. The molecule has 1 heterocycles. The van der Waals surface area contributed by atoms with Crippen LogP contribution < -0.4 is 5.32 Å². The van der Waals surface area contributed by atoms with Crippen LogP contribution in [0.2, 0.25) is 0 Å². The van der Waals surface area contributed by atoms with Gasteiger partial charge in [0.15, 0.2) is 0 Å². The first-order valence-corrected chi connectivity index (χ1v) is 5.83. The van der Waals surface area contributed by atoms with Gasteiger partial charge < -0.3 is 10.2 Å². The van der Waals surface area contributed by atoms with Crippen LogP contribution in [-0.4, -0.2) is 29.9 Å². The second-order valence-corrected chi connectivity index (χ2v) is 4.11. The molecule has 3 nitrogen and oxygen atoms in total. The zero-order valence-electron chi connectivity index (χ0n) is 9.94. The van der Waals surface area contributed by atoms with Crippen molar-refractivity contribution in [2.75, 3.05) is 18.4 Å². The predicted octanol–water partition coefficient (Wildman–Crippen LogP) is 1.50. The number of terminal acetylenes is 1. The van der Waals surface area contributed by atoms with Crippen molar-refractivity contribution in [1.82, 2.24) is 4.90 Å². The van der Waals surface area contributed by atoms with E-state index in [0.717, 1.165) is 12.1 Å². The van der Waals surface area contributed by atoms with Gasteiger partial charge in [-0.2, -0.15) is 0 Å². The largest absolute Gasteiger partial charge is 0.373 e. The van der Waals surface area contributed by atoms with Crippen molar-refractivity contribution in [3.63, 3.8) is 0 Å². The first-order chi connectivity index (χ1) is 8.26. The number of benzene rings is 1. The highest BCUT2D eigenvalue weighted by molar-refractivity contribution is 5.87. The number of carbonyl (C=O) groups excluding carboxylic acids is 1. The molecule has 2 rings (SSSR count). The molecule has 3 heteroatoms. The molecule has 1 aliphatic heterocycles. The number of hydrogen-bond acceptors (Lipinski definition) is 2. The molecule has 0 saturated heterocycles. The van der Waals surface area contributed by atoms with Crippen LogP contribution in [0.3, 0.4) is 0 Å². The van der Waals surface area contributed by atoms with Crippen LogP contribution in [0.25, 0.3) is 0 Å². The maximum Gasteiger partial charge on any atom is 0.246 e. The molecule has 17 heavy (non-hydrogen) atoms. The number of anilines is 1. The molecular weight excluding hydrogens is 212 g/mol. The van der Waals surface area contributed by atoms with E-state index in [1.807, 2.05) is 31.2 Å². The van der Waals surface area contributed by atoms with E-state index in [0.29, 0.717) is 13.1 Å². The number of nitrogens with one attached hydrogen (secondary N) is 1. The lowest BCUT2D eigenvalue weighted by Gasteiger charge is -2.22. The normalized spacial score (nSPS) is 16.8. The third-order valence-corrected chi connectivity index (χ3v) is 3.04. The standard InChI is InChI=1S/C14H16N2O/c1-3-9-16(4-2)14(17)13-10-11-7-5-6-8-12(11)15-13/h1,5-8,13,15H,4,9-10H2,2H3/t13-/m0/s1. The lowest BCUT2D eigenvalue weighted by molar-refractivity contribution is -0.131. The first-order valence-electron chi connectivity index (χ1n) is 5.83. The number of nitrogens with zero attached hydrogens (tertiary/aromatic N) is 1. The SMILES string of the molecule is C#CCN(CC)C(=O)[C@@H]1Cc2ccccc2N1. The van der Waals surface area contributed by atoms with Gasteiger partial charge in [-0.25, -0.2) is 0 Å². The number of carbonyl (C=O) groups is 1. The summed E-state index contributed by atoms with van der Waals surface area (Å²) in [6.45, 7) is 2.97. The van der Waals surface area contributed by atoms with Gasteiger partial charge in [0.25, 0.3) is 0 Å². The summed E-state index contributed by atoms with van der Waals surface area (Å²) < 4.78 is 0. The fourth-order valence-corrected chi connectivity index (χ4v) is 2.12. The van der Waals surface area contributed by atoms with E-state index in [1.54, 1.807) is 4.90 Å². The number of fused-ring (bicyclic) bond motifs is 1. The highest BCUT2D eigenvalue weighted by Crippen LogP contribution is 2.25. The molecule has 1 amide bonds. The summed E-state index contributed by atoms with van der Waals surface area (Å²) in [6.07, 6.45) is 6.01. The third kappa shape index (κ3) is 2.26. The monoisotopic (exact) mass is 228 g/mol. The minimum atomic E-state index is -0.166. The van der Waals surface area contributed by atoms with Gasteiger partial charge in [-0.15, -0.1) is 6.42 Å². The van der Waals surface area contributed by atoms with Crippen molar-refractivity contribution >= 4 is 11.6 Å². The van der Waals surface area contributed by atoms with Gasteiger partial charge in [-0.05, 0) is 18.6 Å². The highest BCUT2D eigenvalue weighted by atomic mass is 16.2. The Kier molecular flexibility index (Phi) is 3.34. The molecule has 1 aliphatic rings. The smallest absolute Gasteiger partial charge is 0.246 e. The molecule has 0 spiro atoms. The molecule has 1 N–H and O–H groups in total. The van der Waals surface area contributed by atoms with Crippen molar-refractivity contribution in [1.29, 1.82) is 0 Å². The fraction of sp³-hybridized carbons (Fsp3) is 0.357. The molecule has 0 saturated carbocycles. The average molecular weight is 228 g/mol. The molecule has 0 aliphatic carbocycles. The molecular formula is C14H16N2O. The van der Waals surface area contributed by atoms with E-state index < -0.39 is 0 Å². The van der Waals surface area contributed by atoms with Gasteiger partial charge in [0.1, 0.15) is 6.04 Å². The van der Waals surface area contributed by atoms with E-state index >= 15 is 0 Å². The Hall–Kier alpha value is -1.95. The topological polar surface area (TPSA) is 32.3 Å². The van der Waals surface area contributed by atoms with E-state index in [2.05, 4.69) is 11.2 Å². The van der Waals surface area contributed by atoms with Gasteiger partial charge in [0, 0.05) is 18.7 Å². The molecule has 0 fully saturated rings. The zero-order valence-corrected chi connectivity index (χ0v) is 9.94. The summed E-state index contributed by atoms with van der Waals surface area (Å²) in [4.78, 5) is 13.9. The van der Waals surface area contributed by atoms with Crippen LogP contribution in [-0.2, 0) is 11.2 Å². The molecule has 1 aromatic carbocycles. The Morgan fingerprint density at radius 1 is 1.59 bits per heavy atom. The second-order valence-electron chi connectivity index (χ2n) is 4.11. The predicted molar refractivity (Wildman–Crippen MR) is 68.6 cm³/mol. The van der Waals surface area contributed by atoms with Gasteiger partial charge >= 0.3 is 0 Å². The first kappa shape index (κ1) is 11.5. The Morgan fingerprint density at radius 3 is 3.00 bits per heavy atom. The Labute approximate surface area is 102 Å². The quantitative estimate of drug-likeness (QED) is 0.795. The Bertz CT molecular complexity index is 437. The lowest BCUT2D eigenvalue weighted by atomic mass is 10.1. The van der Waals surface area contributed by atoms with Gasteiger partial charge in [0.2, 0.25) is 5.91 Å². The van der Waals surface area contributed by atoms with Crippen LogP contribution in [0.15, 0.2) is 24.3 Å². The van der Waals surface area contributed by atoms with E-state index in [4.69, 9.17) is 6.42 Å². The highest BCUT2D eigenvalue weighted by Gasteiger charge is 2.28. The summed E-state index contributed by atoms with van der Waals surface area (Å²) in [7, 11) is 0. The summed E-state index contributed by atoms with van der Waals surface area (Å²) in [6, 6.07) is 7.85. The van der Waals surface area contributed by atoms with Gasteiger partial charge in [-0.1, -0.05) is 24.1 Å². The maximum absolute atomic E-state index is 12.2. The average Bonchev–Trinajstić information content (AvgIpc) is 2.78.